The van der Waals surface area contributed by atoms with Gasteiger partial charge in [0.25, 0.3) is 0 Å². The van der Waals surface area contributed by atoms with Crippen LogP contribution in [0.15, 0.2) is 75.0 Å². The van der Waals surface area contributed by atoms with Crippen molar-refractivity contribution in [3.8, 4) is 33.8 Å². The summed E-state index contributed by atoms with van der Waals surface area (Å²) in [5, 5.41) is 17.0. The topological polar surface area (TPSA) is 72.7 Å². The Hall–Kier alpha value is -2.79. The number of aryl methyl sites for hydroxylation is 1. The van der Waals surface area contributed by atoms with Gasteiger partial charge < -0.3 is 9.88 Å². The molecule has 176 valence electrons. The lowest BCUT2D eigenvalue weighted by atomic mass is 10.0. The summed E-state index contributed by atoms with van der Waals surface area (Å²) in [6.45, 7) is 2.12. The van der Waals surface area contributed by atoms with E-state index in [4.69, 9.17) is 0 Å². The van der Waals surface area contributed by atoms with Gasteiger partial charge in [0, 0.05) is 43.8 Å². The summed E-state index contributed by atoms with van der Waals surface area (Å²) >= 11 is 7.90. The molecule has 0 aliphatic carbocycles. The number of thiophene rings is 1. The number of benzene rings is 2. The Balaban J connectivity index is 1.26. The predicted molar refractivity (Wildman–Crippen MR) is 149 cm³/mol. The first-order valence-corrected chi connectivity index (χ1v) is 14.2. The summed E-state index contributed by atoms with van der Waals surface area (Å²) in [4.78, 5) is 18.3. The summed E-state index contributed by atoms with van der Waals surface area (Å²) in [7, 11) is 1.93. The van der Waals surface area contributed by atoms with Crippen LogP contribution in [0, 0.1) is 6.92 Å². The summed E-state index contributed by atoms with van der Waals surface area (Å²) in [5.41, 5.74) is 5.22. The Kier molecular flexibility index (Phi) is 7.14. The highest BCUT2D eigenvalue weighted by Crippen LogP contribution is 2.38. The molecule has 0 fully saturated rings. The van der Waals surface area contributed by atoms with Crippen molar-refractivity contribution in [2.24, 2.45) is 7.05 Å². The molecule has 0 saturated carbocycles. The fraction of sp³-hybridized carbons (Fsp3) is 0.120. The molecule has 0 aliphatic heterocycles. The van der Waals surface area contributed by atoms with Gasteiger partial charge in [-0.25, -0.2) is 4.98 Å². The molecule has 0 bridgehead atoms. The number of aromatic nitrogens is 4. The minimum Gasteiger partial charge on any atom is -0.305 e. The van der Waals surface area contributed by atoms with Crippen molar-refractivity contribution in [3.63, 3.8) is 0 Å². The Morgan fingerprint density at radius 3 is 2.57 bits per heavy atom. The van der Waals surface area contributed by atoms with Gasteiger partial charge in [-0.3, -0.25) is 4.79 Å². The maximum Gasteiger partial charge on any atom is 0.236 e. The maximum absolute atomic E-state index is 12.6. The number of amides is 1. The normalized spacial score (nSPS) is 11.1. The molecule has 0 saturated heterocycles. The zero-order valence-corrected chi connectivity index (χ0v) is 22.9. The molecule has 2 aromatic carbocycles. The number of carbonyl (C=O) groups excluding carboxylic acids is 1. The molecule has 5 rings (SSSR count). The molecule has 3 aromatic heterocycles. The van der Waals surface area contributed by atoms with Gasteiger partial charge in [-0.15, -0.1) is 32.9 Å². The number of hydrogen-bond donors (Lipinski definition) is 1. The van der Waals surface area contributed by atoms with Crippen LogP contribution in [0.2, 0.25) is 0 Å². The third-order valence-corrected chi connectivity index (χ3v) is 8.55. The zero-order valence-electron chi connectivity index (χ0n) is 18.9. The number of carbonyl (C=O) groups is 1. The average molecular weight is 583 g/mol. The number of rotatable bonds is 7. The molecule has 0 radical (unpaired) electrons. The lowest BCUT2D eigenvalue weighted by Gasteiger charge is -2.07. The van der Waals surface area contributed by atoms with E-state index in [1.807, 2.05) is 59.5 Å². The van der Waals surface area contributed by atoms with Crippen LogP contribution in [-0.4, -0.2) is 31.4 Å². The molecule has 35 heavy (non-hydrogen) atoms. The van der Waals surface area contributed by atoms with E-state index in [0.29, 0.717) is 10.3 Å². The first-order chi connectivity index (χ1) is 17.0. The molecule has 10 heteroatoms. The fourth-order valence-corrected chi connectivity index (χ4v) is 6.20. The lowest BCUT2D eigenvalue weighted by Crippen LogP contribution is -2.14. The van der Waals surface area contributed by atoms with Crippen molar-refractivity contribution in [1.82, 2.24) is 19.7 Å². The van der Waals surface area contributed by atoms with Gasteiger partial charge in [-0.1, -0.05) is 70.2 Å². The molecule has 6 nitrogen and oxygen atoms in total. The SMILES string of the molecule is Cc1scc(-c2nnc(SCC(=O)Nc3nc(-c4ccc(Br)cc4)cs3)n2C)c1-c1ccccc1. The van der Waals surface area contributed by atoms with Crippen LogP contribution in [0.4, 0.5) is 5.13 Å². The summed E-state index contributed by atoms with van der Waals surface area (Å²) in [5.74, 6) is 0.871. The Morgan fingerprint density at radius 1 is 1.03 bits per heavy atom. The Morgan fingerprint density at radius 2 is 1.80 bits per heavy atom. The molecular weight excluding hydrogens is 562 g/mol. The van der Waals surface area contributed by atoms with Crippen LogP contribution in [0.3, 0.4) is 0 Å². The first kappa shape index (κ1) is 23.9. The van der Waals surface area contributed by atoms with Crippen LogP contribution in [0.1, 0.15) is 4.88 Å². The van der Waals surface area contributed by atoms with Crippen LogP contribution in [0.25, 0.3) is 33.8 Å². The predicted octanol–water partition coefficient (Wildman–Crippen LogP) is 7.14. The van der Waals surface area contributed by atoms with Crippen LogP contribution in [-0.2, 0) is 11.8 Å². The number of thiazole rings is 1. The fourth-order valence-electron chi connectivity index (χ4n) is 3.63. The molecule has 1 N–H and O–H groups in total. The number of nitrogens with one attached hydrogen (secondary N) is 1. The van der Waals surface area contributed by atoms with Crippen molar-refractivity contribution >= 4 is 61.4 Å². The molecule has 3 heterocycles. The monoisotopic (exact) mass is 581 g/mol. The minimum atomic E-state index is -0.132. The second-order valence-corrected chi connectivity index (χ2v) is 11.5. The largest absolute Gasteiger partial charge is 0.305 e. The highest BCUT2D eigenvalue weighted by Gasteiger charge is 2.19. The van der Waals surface area contributed by atoms with Crippen molar-refractivity contribution in [2.45, 2.75) is 12.1 Å². The second-order valence-electron chi connectivity index (χ2n) is 7.69. The molecule has 0 atom stereocenters. The molecule has 0 aliphatic rings. The quantitative estimate of drug-likeness (QED) is 0.207. The van der Waals surface area contributed by atoms with Gasteiger partial charge in [0.15, 0.2) is 16.1 Å². The van der Waals surface area contributed by atoms with E-state index < -0.39 is 0 Å². The van der Waals surface area contributed by atoms with Gasteiger partial charge in [-0.05, 0) is 24.6 Å². The third kappa shape index (κ3) is 5.25. The van der Waals surface area contributed by atoms with Crippen molar-refractivity contribution in [2.75, 3.05) is 11.1 Å². The van der Waals surface area contributed by atoms with Gasteiger partial charge in [0.1, 0.15) is 0 Å². The van der Waals surface area contributed by atoms with E-state index in [-0.39, 0.29) is 11.7 Å². The second kappa shape index (κ2) is 10.4. The van der Waals surface area contributed by atoms with Crippen molar-refractivity contribution < 1.29 is 4.79 Å². The number of hydrogen-bond acceptors (Lipinski definition) is 7. The maximum atomic E-state index is 12.6. The minimum absolute atomic E-state index is 0.132. The number of halogens is 1. The summed E-state index contributed by atoms with van der Waals surface area (Å²) in [6, 6.07) is 18.2. The molecular formula is C25H20BrN5OS3. The van der Waals surface area contributed by atoms with Crippen LogP contribution in [0.5, 0.6) is 0 Å². The van der Waals surface area contributed by atoms with Crippen LogP contribution >= 0.6 is 50.4 Å². The Labute approximate surface area is 223 Å². The van der Waals surface area contributed by atoms with E-state index in [9.17, 15) is 4.79 Å². The Bertz CT molecular complexity index is 1470. The number of thioether (sulfide) groups is 1. The van der Waals surface area contributed by atoms with E-state index in [2.05, 4.69) is 60.9 Å². The molecule has 1 amide bonds. The van der Waals surface area contributed by atoms with Gasteiger partial charge in [0.2, 0.25) is 5.91 Å². The van der Waals surface area contributed by atoms with Crippen LogP contribution < -0.4 is 5.32 Å². The standard InChI is InChI=1S/C25H20BrN5OS3/c1-15-22(17-6-4-3-5-7-17)19(12-33-15)23-29-30-25(31(23)2)35-14-21(32)28-24-27-20(13-34-24)16-8-10-18(26)11-9-16/h3-13H,14H2,1-2H3,(H,27,28,32). The van der Waals surface area contributed by atoms with Gasteiger partial charge in [-0.2, -0.15) is 0 Å². The van der Waals surface area contributed by atoms with Gasteiger partial charge >= 0.3 is 0 Å². The molecule has 5 aromatic rings. The van der Waals surface area contributed by atoms with E-state index >= 15 is 0 Å². The highest BCUT2D eigenvalue weighted by atomic mass is 79.9. The summed E-state index contributed by atoms with van der Waals surface area (Å²) in [6.07, 6.45) is 0. The average Bonchev–Trinajstić information content (AvgIpc) is 3.57. The molecule has 0 spiro atoms. The zero-order chi connectivity index (χ0) is 24.4. The highest BCUT2D eigenvalue weighted by molar-refractivity contribution is 9.10. The first-order valence-electron chi connectivity index (χ1n) is 10.7. The summed E-state index contributed by atoms with van der Waals surface area (Å²) < 4.78 is 2.96. The van der Waals surface area contributed by atoms with Gasteiger partial charge in [0.05, 0.1) is 11.4 Å². The van der Waals surface area contributed by atoms with E-state index in [1.165, 1.54) is 33.5 Å². The lowest BCUT2D eigenvalue weighted by molar-refractivity contribution is -0.113. The van der Waals surface area contributed by atoms with Crippen molar-refractivity contribution in [3.05, 3.63) is 74.7 Å². The number of nitrogens with zero attached hydrogens (tertiary/aromatic N) is 4. The smallest absolute Gasteiger partial charge is 0.236 e. The molecule has 0 unspecified atom stereocenters. The third-order valence-electron chi connectivity index (χ3n) is 5.34. The van der Waals surface area contributed by atoms with E-state index in [0.717, 1.165) is 32.7 Å². The van der Waals surface area contributed by atoms with Crippen molar-refractivity contribution in [1.29, 1.82) is 0 Å². The van der Waals surface area contributed by atoms with E-state index in [1.54, 1.807) is 11.3 Å². The number of anilines is 1.